The first kappa shape index (κ1) is 17.2. The normalized spacial score (nSPS) is 14.2. The average molecular weight is 303 g/mol. The van der Waals surface area contributed by atoms with E-state index in [1.807, 2.05) is 0 Å². The lowest BCUT2D eigenvalue weighted by atomic mass is 10.1. The third kappa shape index (κ3) is 6.09. The van der Waals surface area contributed by atoms with Gasteiger partial charge in [0.25, 0.3) is 0 Å². The number of nitrogens with one attached hydrogen (secondary N) is 1. The van der Waals surface area contributed by atoms with Crippen LogP contribution in [0.25, 0.3) is 0 Å². The molecule has 0 bridgehead atoms. The molecule has 1 rings (SSSR count). The SMILES string of the molecule is CCCNC(C)CCCCS(=O)c1cc(F)ccc1F. The van der Waals surface area contributed by atoms with Crippen LogP contribution in [0, 0.1) is 11.6 Å². The summed E-state index contributed by atoms with van der Waals surface area (Å²) in [6.07, 6.45) is 3.79. The van der Waals surface area contributed by atoms with Crippen molar-refractivity contribution in [2.75, 3.05) is 12.3 Å². The highest BCUT2D eigenvalue weighted by atomic mass is 32.2. The van der Waals surface area contributed by atoms with E-state index in [1.54, 1.807) is 0 Å². The Bertz CT molecular complexity index is 440. The van der Waals surface area contributed by atoms with E-state index in [1.165, 1.54) is 0 Å². The molecule has 1 aromatic carbocycles. The second-order valence-corrected chi connectivity index (χ2v) is 6.51. The zero-order valence-electron chi connectivity index (χ0n) is 12.1. The van der Waals surface area contributed by atoms with Gasteiger partial charge in [-0.3, -0.25) is 4.21 Å². The Morgan fingerprint density at radius 1 is 1.30 bits per heavy atom. The largest absolute Gasteiger partial charge is 0.314 e. The van der Waals surface area contributed by atoms with Crippen molar-refractivity contribution in [1.29, 1.82) is 0 Å². The number of hydrogen-bond acceptors (Lipinski definition) is 2. The third-order valence-corrected chi connectivity index (χ3v) is 4.56. The monoisotopic (exact) mass is 303 g/mol. The topological polar surface area (TPSA) is 29.1 Å². The van der Waals surface area contributed by atoms with Gasteiger partial charge in [0.1, 0.15) is 11.6 Å². The molecule has 1 N–H and O–H groups in total. The van der Waals surface area contributed by atoms with E-state index in [4.69, 9.17) is 0 Å². The smallest absolute Gasteiger partial charge is 0.139 e. The van der Waals surface area contributed by atoms with Gasteiger partial charge in [0.05, 0.1) is 15.7 Å². The van der Waals surface area contributed by atoms with Crippen molar-refractivity contribution in [3.63, 3.8) is 0 Å². The second kappa shape index (κ2) is 9.19. The van der Waals surface area contributed by atoms with Gasteiger partial charge in [0.15, 0.2) is 0 Å². The molecule has 0 fully saturated rings. The third-order valence-electron chi connectivity index (χ3n) is 3.10. The fourth-order valence-electron chi connectivity index (χ4n) is 1.94. The Morgan fingerprint density at radius 3 is 2.75 bits per heavy atom. The van der Waals surface area contributed by atoms with E-state index >= 15 is 0 Å². The summed E-state index contributed by atoms with van der Waals surface area (Å²) in [6.45, 7) is 5.25. The fraction of sp³-hybridized carbons (Fsp3) is 0.600. The molecular weight excluding hydrogens is 280 g/mol. The van der Waals surface area contributed by atoms with Crippen molar-refractivity contribution in [2.24, 2.45) is 0 Å². The lowest BCUT2D eigenvalue weighted by molar-refractivity contribution is 0.495. The molecule has 0 radical (unpaired) electrons. The first-order chi connectivity index (χ1) is 9.54. The van der Waals surface area contributed by atoms with Crippen LogP contribution in [-0.2, 0) is 10.8 Å². The molecule has 0 saturated carbocycles. The predicted molar refractivity (Wildman–Crippen MR) is 79.2 cm³/mol. The summed E-state index contributed by atoms with van der Waals surface area (Å²) in [4.78, 5) is -0.0258. The number of benzene rings is 1. The Morgan fingerprint density at radius 2 is 2.05 bits per heavy atom. The quantitative estimate of drug-likeness (QED) is 0.706. The molecule has 0 aliphatic carbocycles. The Kier molecular flexibility index (Phi) is 7.92. The van der Waals surface area contributed by atoms with Crippen LogP contribution in [0.1, 0.15) is 39.5 Å². The van der Waals surface area contributed by atoms with Gasteiger partial charge in [-0.1, -0.05) is 13.3 Å². The van der Waals surface area contributed by atoms with Crippen LogP contribution >= 0.6 is 0 Å². The highest BCUT2D eigenvalue weighted by molar-refractivity contribution is 7.85. The highest BCUT2D eigenvalue weighted by Crippen LogP contribution is 2.15. The Balaban J connectivity index is 2.31. The summed E-state index contributed by atoms with van der Waals surface area (Å²) < 4.78 is 38.4. The molecule has 1 aromatic rings. The molecule has 2 unspecified atom stereocenters. The first-order valence-corrected chi connectivity index (χ1v) is 8.43. The second-order valence-electron chi connectivity index (χ2n) is 4.98. The fourth-order valence-corrected chi connectivity index (χ4v) is 3.15. The summed E-state index contributed by atoms with van der Waals surface area (Å²) in [5, 5.41) is 3.38. The van der Waals surface area contributed by atoms with Crippen molar-refractivity contribution < 1.29 is 13.0 Å². The average Bonchev–Trinajstić information content (AvgIpc) is 2.43. The summed E-state index contributed by atoms with van der Waals surface area (Å²) in [7, 11) is -1.46. The van der Waals surface area contributed by atoms with Gasteiger partial charge >= 0.3 is 0 Å². The molecule has 114 valence electrons. The van der Waals surface area contributed by atoms with Crippen LogP contribution in [0.5, 0.6) is 0 Å². The van der Waals surface area contributed by atoms with Gasteiger partial charge in [0, 0.05) is 11.8 Å². The number of rotatable bonds is 9. The zero-order chi connectivity index (χ0) is 15.0. The Labute approximate surface area is 122 Å². The van der Waals surface area contributed by atoms with Crippen LogP contribution in [-0.4, -0.2) is 22.5 Å². The molecule has 0 aromatic heterocycles. The van der Waals surface area contributed by atoms with E-state index in [0.717, 1.165) is 50.4 Å². The minimum absolute atomic E-state index is 0.0258. The van der Waals surface area contributed by atoms with Crippen molar-refractivity contribution in [2.45, 2.75) is 50.5 Å². The molecule has 0 saturated heterocycles. The molecule has 0 spiro atoms. The first-order valence-electron chi connectivity index (χ1n) is 7.11. The van der Waals surface area contributed by atoms with Gasteiger partial charge in [-0.2, -0.15) is 0 Å². The minimum atomic E-state index is -1.46. The van der Waals surface area contributed by atoms with Crippen LogP contribution in [0.3, 0.4) is 0 Å². The highest BCUT2D eigenvalue weighted by Gasteiger charge is 2.11. The van der Waals surface area contributed by atoms with Crippen molar-refractivity contribution in [1.82, 2.24) is 5.32 Å². The van der Waals surface area contributed by atoms with Gasteiger partial charge in [0.2, 0.25) is 0 Å². The molecule has 2 nitrogen and oxygen atoms in total. The standard InChI is InChI=1S/C15H23F2NOS/c1-3-9-18-12(2)6-4-5-10-20(19)15-11-13(16)7-8-14(15)17/h7-8,11-12,18H,3-6,9-10H2,1-2H3. The maximum Gasteiger partial charge on any atom is 0.139 e. The number of unbranched alkanes of at least 4 members (excludes halogenated alkanes) is 1. The minimum Gasteiger partial charge on any atom is -0.314 e. The van der Waals surface area contributed by atoms with Crippen LogP contribution < -0.4 is 5.32 Å². The number of halogens is 2. The van der Waals surface area contributed by atoms with Gasteiger partial charge < -0.3 is 5.32 Å². The van der Waals surface area contributed by atoms with E-state index < -0.39 is 22.4 Å². The van der Waals surface area contributed by atoms with Crippen LogP contribution in [0.2, 0.25) is 0 Å². The molecule has 20 heavy (non-hydrogen) atoms. The maximum absolute atomic E-state index is 13.4. The van der Waals surface area contributed by atoms with E-state index in [2.05, 4.69) is 19.2 Å². The summed E-state index contributed by atoms with van der Waals surface area (Å²) >= 11 is 0. The summed E-state index contributed by atoms with van der Waals surface area (Å²) in [6, 6.07) is 3.53. The van der Waals surface area contributed by atoms with E-state index in [-0.39, 0.29) is 4.90 Å². The summed E-state index contributed by atoms with van der Waals surface area (Å²) in [5.74, 6) is -0.768. The lowest BCUT2D eigenvalue weighted by Gasteiger charge is -2.12. The van der Waals surface area contributed by atoms with Crippen molar-refractivity contribution in [3.8, 4) is 0 Å². The van der Waals surface area contributed by atoms with Gasteiger partial charge in [-0.15, -0.1) is 0 Å². The molecule has 0 aliphatic heterocycles. The van der Waals surface area contributed by atoms with E-state index in [0.29, 0.717) is 11.8 Å². The van der Waals surface area contributed by atoms with Crippen molar-refractivity contribution in [3.05, 3.63) is 29.8 Å². The zero-order valence-corrected chi connectivity index (χ0v) is 12.9. The van der Waals surface area contributed by atoms with Crippen molar-refractivity contribution >= 4 is 10.8 Å². The molecule has 0 heterocycles. The number of hydrogen-bond donors (Lipinski definition) is 1. The Hall–Kier alpha value is -0.810. The predicted octanol–water partition coefficient (Wildman–Crippen LogP) is 3.63. The molecule has 0 amide bonds. The van der Waals surface area contributed by atoms with Crippen LogP contribution in [0.4, 0.5) is 8.78 Å². The van der Waals surface area contributed by atoms with Crippen LogP contribution in [0.15, 0.2) is 23.1 Å². The molecule has 0 aliphatic rings. The molecule has 5 heteroatoms. The molecule has 2 atom stereocenters. The van der Waals surface area contributed by atoms with E-state index in [9.17, 15) is 13.0 Å². The molecular formula is C15H23F2NOS. The maximum atomic E-state index is 13.4. The lowest BCUT2D eigenvalue weighted by Crippen LogP contribution is -2.26. The van der Waals surface area contributed by atoms with Gasteiger partial charge in [-0.05, 0) is 50.9 Å². The van der Waals surface area contributed by atoms with Gasteiger partial charge in [-0.25, -0.2) is 8.78 Å². The summed E-state index contributed by atoms with van der Waals surface area (Å²) in [5.41, 5.74) is 0.